The Kier molecular flexibility index (Phi) is 4.40. The number of nitriles is 1. The van der Waals surface area contributed by atoms with Gasteiger partial charge in [0.2, 0.25) is 5.91 Å². The van der Waals surface area contributed by atoms with E-state index in [9.17, 15) is 4.79 Å². The molecular weight excluding hydrogens is 238 g/mol. The third-order valence-electron chi connectivity index (χ3n) is 3.71. The predicted molar refractivity (Wildman–Crippen MR) is 75.4 cm³/mol. The fourth-order valence-electron chi connectivity index (χ4n) is 2.59. The van der Waals surface area contributed by atoms with Gasteiger partial charge in [-0.15, -0.1) is 0 Å². The molecule has 0 aliphatic heterocycles. The maximum Gasteiger partial charge on any atom is 0.224 e. The smallest absolute Gasteiger partial charge is 0.224 e. The maximum atomic E-state index is 11.8. The van der Waals surface area contributed by atoms with E-state index in [4.69, 9.17) is 11.0 Å². The van der Waals surface area contributed by atoms with E-state index >= 15 is 0 Å². The Balaban J connectivity index is 1.86. The average Bonchev–Trinajstić information content (AvgIpc) is 2.92. The first-order valence-corrected chi connectivity index (χ1v) is 6.78. The number of carbonyl (C=O) groups is 1. The Labute approximate surface area is 113 Å². The van der Waals surface area contributed by atoms with E-state index in [1.54, 1.807) is 18.2 Å². The molecule has 3 N–H and O–H groups in total. The number of anilines is 2. The van der Waals surface area contributed by atoms with Gasteiger partial charge in [-0.3, -0.25) is 4.79 Å². The molecule has 0 heterocycles. The van der Waals surface area contributed by atoms with Crippen molar-refractivity contribution in [3.05, 3.63) is 23.8 Å². The quantitative estimate of drug-likeness (QED) is 0.814. The molecule has 1 fully saturated rings. The lowest BCUT2D eigenvalue weighted by Gasteiger charge is -2.10. The van der Waals surface area contributed by atoms with Gasteiger partial charge in [-0.1, -0.05) is 25.7 Å². The summed E-state index contributed by atoms with van der Waals surface area (Å²) in [5, 5.41) is 11.6. The van der Waals surface area contributed by atoms with Crippen molar-refractivity contribution in [3.8, 4) is 6.07 Å². The number of carbonyl (C=O) groups excluding carboxylic acids is 1. The van der Waals surface area contributed by atoms with Crippen LogP contribution in [0, 0.1) is 17.2 Å². The van der Waals surface area contributed by atoms with Crippen molar-refractivity contribution >= 4 is 17.3 Å². The molecule has 0 bridgehead atoms. The number of nitrogens with one attached hydrogen (secondary N) is 1. The number of amides is 1. The molecule has 0 unspecified atom stereocenters. The van der Waals surface area contributed by atoms with Gasteiger partial charge in [0.25, 0.3) is 0 Å². The maximum absolute atomic E-state index is 11.8. The zero-order valence-corrected chi connectivity index (χ0v) is 11.0. The summed E-state index contributed by atoms with van der Waals surface area (Å²) in [5.41, 5.74) is 7.33. The molecule has 1 aromatic rings. The van der Waals surface area contributed by atoms with Gasteiger partial charge >= 0.3 is 0 Å². The highest BCUT2D eigenvalue weighted by Crippen LogP contribution is 2.28. The number of nitrogens with two attached hydrogens (primary N) is 1. The first-order valence-electron chi connectivity index (χ1n) is 6.78. The van der Waals surface area contributed by atoms with E-state index in [1.807, 2.05) is 6.07 Å². The van der Waals surface area contributed by atoms with Crippen molar-refractivity contribution in [3.63, 3.8) is 0 Å². The van der Waals surface area contributed by atoms with Crippen LogP contribution in [0.3, 0.4) is 0 Å². The second kappa shape index (κ2) is 6.24. The number of hydrogen-bond acceptors (Lipinski definition) is 3. The molecule has 19 heavy (non-hydrogen) atoms. The topological polar surface area (TPSA) is 78.9 Å². The Hall–Kier alpha value is -2.02. The van der Waals surface area contributed by atoms with Crippen LogP contribution in [0.4, 0.5) is 11.4 Å². The fourth-order valence-corrected chi connectivity index (χ4v) is 2.59. The highest BCUT2D eigenvalue weighted by molar-refractivity contribution is 5.93. The SMILES string of the molecule is N#Cc1ccc(NC(=O)CCC2CCCC2)c(N)c1. The van der Waals surface area contributed by atoms with Crippen LogP contribution in [0.5, 0.6) is 0 Å². The summed E-state index contributed by atoms with van der Waals surface area (Å²) in [6, 6.07) is 6.93. The van der Waals surface area contributed by atoms with Crippen LogP contribution < -0.4 is 11.1 Å². The van der Waals surface area contributed by atoms with E-state index in [2.05, 4.69) is 5.32 Å². The van der Waals surface area contributed by atoms with Crippen molar-refractivity contribution < 1.29 is 4.79 Å². The first-order chi connectivity index (χ1) is 9.19. The fraction of sp³-hybridized carbons (Fsp3) is 0.467. The minimum absolute atomic E-state index is 0.00306. The molecular formula is C15H19N3O. The summed E-state index contributed by atoms with van der Waals surface area (Å²) in [6.07, 6.45) is 6.62. The lowest BCUT2D eigenvalue weighted by atomic mass is 10.0. The Morgan fingerprint density at radius 1 is 1.42 bits per heavy atom. The minimum Gasteiger partial charge on any atom is -0.397 e. The molecule has 4 heteroatoms. The van der Waals surface area contributed by atoms with E-state index in [0.29, 0.717) is 29.3 Å². The summed E-state index contributed by atoms with van der Waals surface area (Å²) < 4.78 is 0. The van der Waals surface area contributed by atoms with E-state index in [1.165, 1.54) is 25.7 Å². The molecule has 0 atom stereocenters. The molecule has 0 saturated heterocycles. The predicted octanol–water partition coefficient (Wildman–Crippen LogP) is 3.05. The molecule has 1 aromatic carbocycles. The molecule has 0 radical (unpaired) electrons. The van der Waals surface area contributed by atoms with Crippen molar-refractivity contribution in [1.29, 1.82) is 5.26 Å². The molecule has 0 aromatic heterocycles. The van der Waals surface area contributed by atoms with Crippen molar-refractivity contribution in [1.82, 2.24) is 0 Å². The van der Waals surface area contributed by atoms with Crippen LogP contribution in [0.15, 0.2) is 18.2 Å². The zero-order chi connectivity index (χ0) is 13.7. The highest BCUT2D eigenvalue weighted by atomic mass is 16.1. The second-order valence-corrected chi connectivity index (χ2v) is 5.15. The molecule has 1 aliphatic carbocycles. The van der Waals surface area contributed by atoms with Crippen LogP contribution in [0.1, 0.15) is 44.1 Å². The second-order valence-electron chi connectivity index (χ2n) is 5.15. The Bertz CT molecular complexity index is 499. The molecule has 1 saturated carbocycles. The number of nitrogen functional groups attached to an aromatic ring is 1. The van der Waals surface area contributed by atoms with Crippen LogP contribution in [0.25, 0.3) is 0 Å². The number of rotatable bonds is 4. The molecule has 1 aliphatic rings. The average molecular weight is 257 g/mol. The summed E-state index contributed by atoms with van der Waals surface area (Å²) in [4.78, 5) is 11.8. The minimum atomic E-state index is 0.00306. The number of hydrogen-bond donors (Lipinski definition) is 2. The van der Waals surface area contributed by atoms with E-state index in [-0.39, 0.29) is 5.91 Å². The summed E-state index contributed by atoms with van der Waals surface area (Å²) in [6.45, 7) is 0. The van der Waals surface area contributed by atoms with E-state index < -0.39 is 0 Å². The van der Waals surface area contributed by atoms with Gasteiger partial charge in [0.1, 0.15) is 0 Å². The third kappa shape index (κ3) is 3.72. The van der Waals surface area contributed by atoms with Crippen molar-refractivity contribution in [2.75, 3.05) is 11.1 Å². The van der Waals surface area contributed by atoms with Crippen molar-refractivity contribution in [2.24, 2.45) is 5.92 Å². The first kappa shape index (κ1) is 13.4. The van der Waals surface area contributed by atoms with Gasteiger partial charge in [-0.05, 0) is 30.5 Å². The van der Waals surface area contributed by atoms with Crippen LogP contribution in [0.2, 0.25) is 0 Å². The van der Waals surface area contributed by atoms with Crippen LogP contribution >= 0.6 is 0 Å². The van der Waals surface area contributed by atoms with Gasteiger partial charge in [0.15, 0.2) is 0 Å². The third-order valence-corrected chi connectivity index (χ3v) is 3.71. The normalized spacial score (nSPS) is 15.1. The van der Waals surface area contributed by atoms with Crippen LogP contribution in [-0.2, 0) is 4.79 Å². The zero-order valence-electron chi connectivity index (χ0n) is 11.0. The number of nitrogens with zero attached hydrogens (tertiary/aromatic N) is 1. The molecule has 2 rings (SSSR count). The van der Waals surface area contributed by atoms with Gasteiger partial charge < -0.3 is 11.1 Å². The Morgan fingerprint density at radius 3 is 2.79 bits per heavy atom. The summed E-state index contributed by atoms with van der Waals surface area (Å²) in [7, 11) is 0. The highest BCUT2D eigenvalue weighted by Gasteiger charge is 2.16. The summed E-state index contributed by atoms with van der Waals surface area (Å²) >= 11 is 0. The van der Waals surface area contributed by atoms with Gasteiger partial charge in [-0.2, -0.15) is 5.26 Å². The lowest BCUT2D eigenvalue weighted by molar-refractivity contribution is -0.116. The van der Waals surface area contributed by atoms with Crippen molar-refractivity contribution in [2.45, 2.75) is 38.5 Å². The standard InChI is InChI=1S/C15H19N3O/c16-10-12-5-7-14(13(17)9-12)18-15(19)8-6-11-3-1-2-4-11/h5,7,9,11H,1-4,6,8,17H2,(H,18,19). The van der Waals surface area contributed by atoms with Crippen LogP contribution in [-0.4, -0.2) is 5.91 Å². The van der Waals surface area contributed by atoms with Gasteiger partial charge in [-0.25, -0.2) is 0 Å². The molecule has 0 spiro atoms. The monoisotopic (exact) mass is 257 g/mol. The summed E-state index contributed by atoms with van der Waals surface area (Å²) in [5.74, 6) is 0.715. The number of benzene rings is 1. The molecule has 100 valence electrons. The van der Waals surface area contributed by atoms with Gasteiger partial charge in [0, 0.05) is 6.42 Å². The van der Waals surface area contributed by atoms with E-state index in [0.717, 1.165) is 6.42 Å². The Morgan fingerprint density at radius 2 is 2.16 bits per heavy atom. The van der Waals surface area contributed by atoms with Gasteiger partial charge in [0.05, 0.1) is 23.0 Å². The molecule has 4 nitrogen and oxygen atoms in total. The lowest BCUT2D eigenvalue weighted by Crippen LogP contribution is -2.14. The molecule has 1 amide bonds. The largest absolute Gasteiger partial charge is 0.397 e.